The third-order valence-electron chi connectivity index (χ3n) is 12.1. The number of carbonyl (C=O) groups excluding carboxylic acids is 3. The molecular weight excluding hydrogens is 793 g/mol. The summed E-state index contributed by atoms with van der Waals surface area (Å²) in [6.07, 6.45) is 63.9. The maximum absolute atomic E-state index is 12.8. The van der Waals surface area contributed by atoms with E-state index in [0.29, 0.717) is 19.3 Å². The third-order valence-corrected chi connectivity index (χ3v) is 12.1. The van der Waals surface area contributed by atoms with E-state index in [9.17, 15) is 14.4 Å². The van der Waals surface area contributed by atoms with Gasteiger partial charge in [0.1, 0.15) is 13.2 Å². The summed E-state index contributed by atoms with van der Waals surface area (Å²) >= 11 is 0. The van der Waals surface area contributed by atoms with Gasteiger partial charge in [0.25, 0.3) is 0 Å². The predicted octanol–water partition coefficient (Wildman–Crippen LogP) is 18.3. The predicted molar refractivity (Wildman–Crippen MR) is 275 cm³/mol. The van der Waals surface area contributed by atoms with Crippen LogP contribution in [-0.4, -0.2) is 37.2 Å². The lowest BCUT2D eigenvalue weighted by molar-refractivity contribution is -0.167. The van der Waals surface area contributed by atoms with Crippen LogP contribution in [0.4, 0.5) is 0 Å². The fourth-order valence-corrected chi connectivity index (χ4v) is 7.96. The number of allylic oxidation sites excluding steroid dienone is 8. The SMILES string of the molecule is CC/C=C\C/C=C\C/C=C\C/C=C\CCCCC(=O)OC(COC(=O)CCCCCCCCCCCCCCCC)COC(=O)CCCCCCCCCCCCCCCCCCC. The molecule has 0 bridgehead atoms. The normalized spacial score (nSPS) is 12.4. The average molecular weight is 897 g/mol. The second kappa shape index (κ2) is 53.0. The van der Waals surface area contributed by atoms with Gasteiger partial charge >= 0.3 is 17.9 Å². The first-order valence-corrected chi connectivity index (χ1v) is 27.6. The van der Waals surface area contributed by atoms with Gasteiger partial charge in [-0.2, -0.15) is 0 Å². The van der Waals surface area contributed by atoms with Crippen molar-refractivity contribution >= 4 is 17.9 Å². The largest absolute Gasteiger partial charge is 0.462 e. The molecule has 0 amide bonds. The lowest BCUT2D eigenvalue weighted by Crippen LogP contribution is -2.30. The van der Waals surface area contributed by atoms with E-state index in [2.05, 4.69) is 69.4 Å². The standard InChI is InChI=1S/C58H104O6/c1-4-7-10-13-16-19-22-25-28-29-31-33-36-39-42-45-48-51-57(60)63-54-55(53-62-56(59)50-47-44-41-38-35-32-27-24-21-18-15-12-9-6-3)64-58(61)52-49-46-43-40-37-34-30-26-23-20-17-14-11-8-5-2/h8,11,17,20,26,30,37,40,55H,4-7,9-10,12-16,18-19,21-25,27-29,31-36,38-39,41-54H2,1-3H3/b11-8-,20-17-,30-26-,40-37-. The number of rotatable bonds is 50. The molecule has 0 aromatic heterocycles. The Labute approximate surface area is 397 Å². The lowest BCUT2D eigenvalue weighted by atomic mass is 10.0. The number of esters is 3. The van der Waals surface area contributed by atoms with E-state index >= 15 is 0 Å². The van der Waals surface area contributed by atoms with E-state index in [1.165, 1.54) is 161 Å². The van der Waals surface area contributed by atoms with Gasteiger partial charge in [0.2, 0.25) is 0 Å². The molecule has 0 N–H and O–H groups in total. The molecule has 0 aliphatic carbocycles. The Morgan fingerprint density at radius 1 is 0.328 bits per heavy atom. The fourth-order valence-electron chi connectivity index (χ4n) is 7.96. The van der Waals surface area contributed by atoms with Crippen LogP contribution < -0.4 is 0 Å². The van der Waals surface area contributed by atoms with Crippen molar-refractivity contribution in [2.24, 2.45) is 0 Å². The number of unbranched alkanes of at least 4 members (excludes halogenated alkanes) is 31. The van der Waals surface area contributed by atoms with Crippen molar-refractivity contribution < 1.29 is 28.6 Å². The maximum Gasteiger partial charge on any atom is 0.306 e. The van der Waals surface area contributed by atoms with Gasteiger partial charge in [0.15, 0.2) is 6.10 Å². The molecule has 0 aromatic rings. The molecule has 0 rings (SSSR count). The Balaban J connectivity index is 4.39. The monoisotopic (exact) mass is 897 g/mol. The van der Waals surface area contributed by atoms with Crippen molar-refractivity contribution in [1.29, 1.82) is 0 Å². The molecule has 0 radical (unpaired) electrons. The smallest absolute Gasteiger partial charge is 0.306 e. The van der Waals surface area contributed by atoms with Crippen LogP contribution in [0.15, 0.2) is 48.6 Å². The lowest BCUT2D eigenvalue weighted by Gasteiger charge is -2.18. The van der Waals surface area contributed by atoms with Crippen LogP contribution in [0.2, 0.25) is 0 Å². The van der Waals surface area contributed by atoms with E-state index in [4.69, 9.17) is 14.2 Å². The van der Waals surface area contributed by atoms with Crippen LogP contribution in [-0.2, 0) is 28.6 Å². The topological polar surface area (TPSA) is 78.9 Å². The highest BCUT2D eigenvalue weighted by atomic mass is 16.6. The van der Waals surface area contributed by atoms with Gasteiger partial charge in [-0.15, -0.1) is 0 Å². The quantitative estimate of drug-likeness (QED) is 0.0262. The molecule has 6 heteroatoms. The minimum atomic E-state index is -0.790. The summed E-state index contributed by atoms with van der Waals surface area (Å²) in [5, 5.41) is 0. The molecular formula is C58H104O6. The van der Waals surface area contributed by atoms with Crippen LogP contribution >= 0.6 is 0 Å². The second-order valence-corrected chi connectivity index (χ2v) is 18.5. The Bertz CT molecular complexity index is 1120. The summed E-state index contributed by atoms with van der Waals surface area (Å²) in [5.41, 5.74) is 0. The summed E-state index contributed by atoms with van der Waals surface area (Å²) in [7, 11) is 0. The van der Waals surface area contributed by atoms with Crippen LogP contribution in [0, 0.1) is 0 Å². The first kappa shape index (κ1) is 61.4. The molecule has 0 aromatic carbocycles. The van der Waals surface area contributed by atoms with E-state index in [1.807, 2.05) is 0 Å². The first-order chi connectivity index (χ1) is 31.5. The molecule has 1 unspecified atom stereocenters. The number of hydrogen-bond acceptors (Lipinski definition) is 6. The first-order valence-electron chi connectivity index (χ1n) is 27.6. The Hall–Kier alpha value is -2.63. The van der Waals surface area contributed by atoms with Gasteiger partial charge in [-0.3, -0.25) is 14.4 Å². The maximum atomic E-state index is 12.8. The van der Waals surface area contributed by atoms with Gasteiger partial charge in [0.05, 0.1) is 0 Å². The summed E-state index contributed by atoms with van der Waals surface area (Å²) in [4.78, 5) is 38.1. The zero-order valence-electron chi connectivity index (χ0n) is 42.6. The molecule has 64 heavy (non-hydrogen) atoms. The Morgan fingerprint density at radius 3 is 0.953 bits per heavy atom. The summed E-state index contributed by atoms with van der Waals surface area (Å²) in [6, 6.07) is 0. The Morgan fingerprint density at radius 2 is 0.609 bits per heavy atom. The molecule has 0 heterocycles. The number of ether oxygens (including phenoxy) is 3. The van der Waals surface area contributed by atoms with E-state index in [0.717, 1.165) is 77.0 Å². The van der Waals surface area contributed by atoms with Crippen LogP contribution in [0.5, 0.6) is 0 Å². The van der Waals surface area contributed by atoms with E-state index in [-0.39, 0.29) is 37.5 Å². The number of hydrogen-bond donors (Lipinski definition) is 0. The minimum absolute atomic E-state index is 0.0857. The molecule has 0 fully saturated rings. The van der Waals surface area contributed by atoms with E-state index in [1.54, 1.807) is 0 Å². The van der Waals surface area contributed by atoms with Gasteiger partial charge in [-0.05, 0) is 57.8 Å². The third kappa shape index (κ3) is 50.4. The van der Waals surface area contributed by atoms with Gasteiger partial charge in [0, 0.05) is 19.3 Å². The van der Waals surface area contributed by atoms with Crippen molar-refractivity contribution in [3.05, 3.63) is 48.6 Å². The summed E-state index contributed by atoms with van der Waals surface area (Å²) in [5.74, 6) is -0.913. The molecule has 372 valence electrons. The summed E-state index contributed by atoms with van der Waals surface area (Å²) < 4.78 is 16.8. The zero-order chi connectivity index (χ0) is 46.5. The number of carbonyl (C=O) groups is 3. The van der Waals surface area contributed by atoms with Crippen molar-refractivity contribution in [2.75, 3.05) is 13.2 Å². The van der Waals surface area contributed by atoms with Crippen LogP contribution in [0.3, 0.4) is 0 Å². The highest BCUT2D eigenvalue weighted by Crippen LogP contribution is 2.16. The van der Waals surface area contributed by atoms with Crippen molar-refractivity contribution in [3.8, 4) is 0 Å². The highest BCUT2D eigenvalue weighted by molar-refractivity contribution is 5.71. The van der Waals surface area contributed by atoms with Crippen LogP contribution in [0.1, 0.15) is 284 Å². The van der Waals surface area contributed by atoms with Gasteiger partial charge in [-0.1, -0.05) is 256 Å². The van der Waals surface area contributed by atoms with Crippen molar-refractivity contribution in [3.63, 3.8) is 0 Å². The van der Waals surface area contributed by atoms with Gasteiger partial charge < -0.3 is 14.2 Å². The van der Waals surface area contributed by atoms with Crippen molar-refractivity contribution in [1.82, 2.24) is 0 Å². The average Bonchev–Trinajstić information content (AvgIpc) is 3.29. The minimum Gasteiger partial charge on any atom is -0.462 e. The molecule has 0 spiro atoms. The Kier molecular flexibility index (Phi) is 50.8. The fraction of sp³-hybridized carbons (Fsp3) is 0.810. The molecule has 0 saturated carbocycles. The highest BCUT2D eigenvalue weighted by Gasteiger charge is 2.19. The van der Waals surface area contributed by atoms with Crippen molar-refractivity contribution in [2.45, 2.75) is 290 Å². The molecule has 1 atom stereocenters. The van der Waals surface area contributed by atoms with Gasteiger partial charge in [-0.25, -0.2) is 0 Å². The molecule has 0 saturated heterocycles. The second-order valence-electron chi connectivity index (χ2n) is 18.5. The van der Waals surface area contributed by atoms with Crippen LogP contribution in [0.25, 0.3) is 0 Å². The summed E-state index contributed by atoms with van der Waals surface area (Å²) in [6.45, 7) is 6.52. The molecule has 0 aliphatic heterocycles. The molecule has 0 aliphatic rings. The molecule has 6 nitrogen and oxygen atoms in total. The van der Waals surface area contributed by atoms with E-state index < -0.39 is 6.10 Å². The zero-order valence-corrected chi connectivity index (χ0v) is 42.6.